The van der Waals surface area contributed by atoms with E-state index in [0.717, 1.165) is 26.6 Å². The van der Waals surface area contributed by atoms with Gasteiger partial charge in [0.2, 0.25) is 0 Å². The predicted molar refractivity (Wildman–Crippen MR) is 93.6 cm³/mol. The van der Waals surface area contributed by atoms with Gasteiger partial charge in [-0.25, -0.2) is 4.98 Å². The summed E-state index contributed by atoms with van der Waals surface area (Å²) in [5.41, 5.74) is 4.71. The van der Waals surface area contributed by atoms with Crippen LogP contribution in [0.1, 0.15) is 26.3 Å². The summed E-state index contributed by atoms with van der Waals surface area (Å²) in [7, 11) is 0. The van der Waals surface area contributed by atoms with E-state index in [9.17, 15) is 0 Å². The fourth-order valence-corrected chi connectivity index (χ4v) is 2.91. The normalized spacial score (nSPS) is 11.8. The number of hydrogen-bond acceptors (Lipinski definition) is 1. The van der Waals surface area contributed by atoms with Crippen molar-refractivity contribution in [1.29, 1.82) is 0 Å². The summed E-state index contributed by atoms with van der Waals surface area (Å²) in [6, 6.07) is 19.0. The van der Waals surface area contributed by atoms with Gasteiger partial charge in [0.25, 0.3) is 0 Å². The lowest BCUT2D eigenvalue weighted by molar-refractivity contribution is 0.590. The van der Waals surface area contributed by atoms with E-state index >= 15 is 0 Å². The van der Waals surface area contributed by atoms with E-state index in [4.69, 9.17) is 4.98 Å². The van der Waals surface area contributed by atoms with Crippen molar-refractivity contribution in [2.24, 2.45) is 0 Å². The molecule has 3 aromatic rings. The molecule has 0 N–H and O–H groups in total. The molecule has 0 aliphatic heterocycles. The van der Waals surface area contributed by atoms with Gasteiger partial charge >= 0.3 is 0 Å². The van der Waals surface area contributed by atoms with Crippen LogP contribution >= 0.6 is 15.9 Å². The highest BCUT2D eigenvalue weighted by Crippen LogP contribution is 2.28. The van der Waals surface area contributed by atoms with Crippen LogP contribution in [-0.4, -0.2) is 4.98 Å². The van der Waals surface area contributed by atoms with Gasteiger partial charge in [-0.1, -0.05) is 67.0 Å². The Labute approximate surface area is 134 Å². The Kier molecular flexibility index (Phi) is 3.58. The van der Waals surface area contributed by atoms with Crippen LogP contribution < -0.4 is 0 Å². The number of benzene rings is 2. The Bertz CT molecular complexity index is 783. The molecule has 1 heterocycles. The Morgan fingerprint density at radius 1 is 0.857 bits per heavy atom. The Hall–Kier alpha value is -1.67. The molecule has 0 aliphatic rings. The monoisotopic (exact) mass is 339 g/mol. The van der Waals surface area contributed by atoms with Gasteiger partial charge in [-0.3, -0.25) is 0 Å². The lowest BCUT2D eigenvalue weighted by atomic mass is 9.86. The van der Waals surface area contributed by atoms with E-state index in [1.165, 1.54) is 5.56 Å². The molecule has 106 valence electrons. The van der Waals surface area contributed by atoms with Crippen LogP contribution in [0.5, 0.6) is 0 Å². The molecule has 21 heavy (non-hydrogen) atoms. The standard InChI is InChI=1S/C19H18BrN/c1-19(2,3)14-9-7-13(8-10-14)17-12-11-15-16(20)5-4-6-18(15)21-17/h4-12H,1-3H3. The molecule has 0 atom stereocenters. The summed E-state index contributed by atoms with van der Waals surface area (Å²) in [5.74, 6) is 0. The first-order chi connectivity index (χ1) is 9.95. The van der Waals surface area contributed by atoms with Gasteiger partial charge in [-0.15, -0.1) is 0 Å². The maximum absolute atomic E-state index is 4.77. The molecule has 0 aliphatic carbocycles. The van der Waals surface area contributed by atoms with Gasteiger partial charge in [0.1, 0.15) is 0 Å². The van der Waals surface area contributed by atoms with Crippen molar-refractivity contribution in [3.63, 3.8) is 0 Å². The first-order valence-corrected chi connectivity index (χ1v) is 7.91. The smallest absolute Gasteiger partial charge is 0.0720 e. The first kappa shape index (κ1) is 14.3. The molecule has 0 unspecified atom stereocenters. The Morgan fingerprint density at radius 3 is 2.24 bits per heavy atom. The minimum Gasteiger partial charge on any atom is -0.248 e. The molecule has 0 saturated carbocycles. The number of halogens is 1. The van der Waals surface area contributed by atoms with E-state index in [-0.39, 0.29) is 5.41 Å². The van der Waals surface area contributed by atoms with Crippen LogP contribution in [0, 0.1) is 0 Å². The molecule has 3 rings (SSSR count). The van der Waals surface area contributed by atoms with Crippen LogP contribution in [0.2, 0.25) is 0 Å². The second-order valence-electron chi connectivity index (χ2n) is 6.33. The number of nitrogens with zero attached hydrogens (tertiary/aromatic N) is 1. The molecule has 2 aromatic carbocycles. The third-order valence-corrected chi connectivity index (χ3v) is 4.42. The summed E-state index contributed by atoms with van der Waals surface area (Å²) in [5, 5.41) is 1.15. The zero-order valence-corrected chi connectivity index (χ0v) is 14.1. The van der Waals surface area contributed by atoms with Crippen LogP contribution in [0.15, 0.2) is 59.1 Å². The zero-order valence-electron chi connectivity index (χ0n) is 12.5. The average molecular weight is 340 g/mol. The fourth-order valence-electron chi connectivity index (χ4n) is 2.42. The Balaban J connectivity index is 2.04. The quantitative estimate of drug-likeness (QED) is 0.532. The molecular formula is C19H18BrN. The summed E-state index contributed by atoms with van der Waals surface area (Å²) < 4.78 is 1.09. The molecule has 0 bridgehead atoms. The lowest BCUT2D eigenvalue weighted by Crippen LogP contribution is -2.10. The third-order valence-electron chi connectivity index (χ3n) is 3.73. The second kappa shape index (κ2) is 5.27. The topological polar surface area (TPSA) is 12.9 Å². The summed E-state index contributed by atoms with van der Waals surface area (Å²) in [6.07, 6.45) is 0. The largest absolute Gasteiger partial charge is 0.248 e. The molecule has 1 nitrogen and oxygen atoms in total. The molecular weight excluding hydrogens is 322 g/mol. The average Bonchev–Trinajstić information content (AvgIpc) is 2.46. The van der Waals surface area contributed by atoms with Gasteiger partial charge < -0.3 is 0 Å². The van der Waals surface area contributed by atoms with Crippen molar-refractivity contribution in [1.82, 2.24) is 4.98 Å². The van der Waals surface area contributed by atoms with Crippen molar-refractivity contribution in [3.05, 3.63) is 64.6 Å². The molecule has 2 heteroatoms. The van der Waals surface area contributed by atoms with E-state index in [2.05, 4.69) is 73.1 Å². The number of hydrogen-bond donors (Lipinski definition) is 0. The van der Waals surface area contributed by atoms with Gasteiger partial charge in [0.15, 0.2) is 0 Å². The predicted octanol–water partition coefficient (Wildman–Crippen LogP) is 5.96. The third kappa shape index (κ3) is 2.86. The number of rotatable bonds is 1. The number of aromatic nitrogens is 1. The maximum atomic E-state index is 4.77. The minimum absolute atomic E-state index is 0.181. The second-order valence-corrected chi connectivity index (χ2v) is 7.18. The lowest BCUT2D eigenvalue weighted by Gasteiger charge is -2.19. The van der Waals surface area contributed by atoms with Crippen molar-refractivity contribution in [2.45, 2.75) is 26.2 Å². The molecule has 0 amide bonds. The van der Waals surface area contributed by atoms with E-state index in [0.29, 0.717) is 0 Å². The summed E-state index contributed by atoms with van der Waals surface area (Å²) in [6.45, 7) is 6.69. The molecule has 0 fully saturated rings. The Morgan fingerprint density at radius 2 is 1.57 bits per heavy atom. The molecule has 0 radical (unpaired) electrons. The van der Waals surface area contributed by atoms with Crippen molar-refractivity contribution in [2.75, 3.05) is 0 Å². The summed E-state index contributed by atoms with van der Waals surface area (Å²) in [4.78, 5) is 4.77. The van der Waals surface area contributed by atoms with Crippen molar-refractivity contribution in [3.8, 4) is 11.3 Å². The van der Waals surface area contributed by atoms with Crippen LogP contribution in [0.4, 0.5) is 0 Å². The molecule has 0 saturated heterocycles. The SMILES string of the molecule is CC(C)(C)c1ccc(-c2ccc3c(Br)cccc3n2)cc1. The first-order valence-electron chi connectivity index (χ1n) is 7.11. The van der Waals surface area contributed by atoms with E-state index in [1.807, 2.05) is 18.2 Å². The van der Waals surface area contributed by atoms with Crippen LogP contribution in [0.3, 0.4) is 0 Å². The zero-order chi connectivity index (χ0) is 15.0. The van der Waals surface area contributed by atoms with Crippen LogP contribution in [0.25, 0.3) is 22.2 Å². The van der Waals surface area contributed by atoms with Gasteiger partial charge in [-0.05, 0) is 35.2 Å². The minimum atomic E-state index is 0.181. The molecule has 1 aromatic heterocycles. The molecule has 0 spiro atoms. The van der Waals surface area contributed by atoms with Crippen molar-refractivity contribution < 1.29 is 0 Å². The van der Waals surface area contributed by atoms with E-state index in [1.54, 1.807) is 0 Å². The summed E-state index contributed by atoms with van der Waals surface area (Å²) >= 11 is 3.57. The van der Waals surface area contributed by atoms with Gasteiger partial charge in [0.05, 0.1) is 11.2 Å². The van der Waals surface area contributed by atoms with Gasteiger partial charge in [0, 0.05) is 15.4 Å². The van der Waals surface area contributed by atoms with E-state index < -0.39 is 0 Å². The highest BCUT2D eigenvalue weighted by Gasteiger charge is 2.13. The highest BCUT2D eigenvalue weighted by atomic mass is 79.9. The number of pyridine rings is 1. The number of fused-ring (bicyclic) bond motifs is 1. The fraction of sp³-hybridized carbons (Fsp3) is 0.211. The van der Waals surface area contributed by atoms with Crippen molar-refractivity contribution >= 4 is 26.8 Å². The van der Waals surface area contributed by atoms with Crippen LogP contribution in [-0.2, 0) is 5.41 Å². The highest BCUT2D eigenvalue weighted by molar-refractivity contribution is 9.10. The maximum Gasteiger partial charge on any atom is 0.0720 e. The van der Waals surface area contributed by atoms with Gasteiger partial charge in [-0.2, -0.15) is 0 Å².